The van der Waals surface area contributed by atoms with Gasteiger partial charge in [0.1, 0.15) is 17.3 Å². The second-order valence-corrected chi connectivity index (χ2v) is 10.1. The van der Waals surface area contributed by atoms with Crippen molar-refractivity contribution in [1.82, 2.24) is 19.9 Å². The molecular weight excluding hydrogens is 474 g/mol. The van der Waals surface area contributed by atoms with Crippen molar-refractivity contribution in [2.24, 2.45) is 0 Å². The zero-order valence-corrected chi connectivity index (χ0v) is 23.0. The Hall–Kier alpha value is -2.10. The molecule has 2 atom stereocenters. The summed E-state index contributed by atoms with van der Waals surface area (Å²) < 4.78 is 13.5. The third-order valence-corrected chi connectivity index (χ3v) is 7.42. The summed E-state index contributed by atoms with van der Waals surface area (Å²) in [6, 6.07) is 12.0. The van der Waals surface area contributed by atoms with Crippen LogP contribution in [0.4, 0.5) is 4.39 Å². The van der Waals surface area contributed by atoms with Gasteiger partial charge in [0.25, 0.3) is 5.91 Å². The number of rotatable bonds is 5. The molecule has 2 aromatic heterocycles. The van der Waals surface area contributed by atoms with Crippen LogP contribution in [-0.4, -0.2) is 73.0 Å². The fourth-order valence-corrected chi connectivity index (χ4v) is 5.66. The SMILES string of the molecule is Cc1nc(C(=O)N2CCCCC2Cc2nc3c(C(C)O)cccc3[nH]2)c(-c2ccc(F)cc2)s1.[Na]. The number of piperidine rings is 1. The molecule has 2 N–H and O–H groups in total. The number of aromatic nitrogens is 3. The number of benzene rings is 2. The van der Waals surface area contributed by atoms with Gasteiger partial charge in [0.15, 0.2) is 0 Å². The molecule has 1 saturated heterocycles. The second-order valence-electron chi connectivity index (χ2n) is 8.87. The minimum absolute atomic E-state index is 0. The number of hydrogen-bond acceptors (Lipinski definition) is 5. The van der Waals surface area contributed by atoms with Crippen molar-refractivity contribution in [3.63, 3.8) is 0 Å². The summed E-state index contributed by atoms with van der Waals surface area (Å²) in [4.78, 5) is 29.1. The first-order valence-electron chi connectivity index (χ1n) is 11.6. The Bertz CT molecular complexity index is 1340. The molecule has 0 bridgehead atoms. The first-order chi connectivity index (χ1) is 16.4. The molecule has 0 aliphatic carbocycles. The number of aliphatic hydroxyl groups excluding tert-OH is 1. The standard InChI is InChI=1S/C26H27FN4O2S.Na/c1-15(32)20-7-5-8-21-23(20)30-22(29-21)14-19-6-3-4-13-31(19)26(33)24-25(34-16(2)28-24)17-9-11-18(27)12-10-17;/h5,7-12,15,19,32H,3-4,6,13-14H2,1-2H3,(H,29,30);. The maximum absolute atomic E-state index is 13.7. The van der Waals surface area contributed by atoms with Gasteiger partial charge in [-0.2, -0.15) is 0 Å². The van der Waals surface area contributed by atoms with Crippen LogP contribution in [0.15, 0.2) is 42.5 Å². The Balaban J connectivity index is 0.00000289. The van der Waals surface area contributed by atoms with Crippen LogP contribution >= 0.6 is 11.3 Å². The number of carbonyl (C=O) groups excluding carboxylic acids is 1. The van der Waals surface area contributed by atoms with E-state index in [0.29, 0.717) is 18.7 Å². The van der Waals surface area contributed by atoms with Crippen molar-refractivity contribution in [2.45, 2.75) is 51.7 Å². The number of para-hydroxylation sites is 1. The van der Waals surface area contributed by atoms with E-state index in [0.717, 1.165) is 57.1 Å². The number of aliphatic hydroxyl groups is 1. The summed E-state index contributed by atoms with van der Waals surface area (Å²) >= 11 is 1.45. The number of carbonyl (C=O) groups is 1. The van der Waals surface area contributed by atoms with Gasteiger partial charge in [0.2, 0.25) is 0 Å². The van der Waals surface area contributed by atoms with Crippen LogP contribution in [0.25, 0.3) is 21.5 Å². The number of hydrogen-bond donors (Lipinski definition) is 2. The van der Waals surface area contributed by atoms with Gasteiger partial charge in [-0.25, -0.2) is 14.4 Å². The molecule has 1 amide bonds. The molecule has 1 aliphatic heterocycles. The van der Waals surface area contributed by atoms with Gasteiger partial charge in [-0.15, -0.1) is 11.3 Å². The summed E-state index contributed by atoms with van der Waals surface area (Å²) in [5.74, 6) is 0.411. The van der Waals surface area contributed by atoms with Crippen LogP contribution in [0, 0.1) is 12.7 Å². The molecule has 1 radical (unpaired) electrons. The number of aryl methyl sites for hydroxylation is 1. The monoisotopic (exact) mass is 501 g/mol. The fourth-order valence-electron chi connectivity index (χ4n) is 4.75. The van der Waals surface area contributed by atoms with Gasteiger partial charge in [-0.1, -0.05) is 24.3 Å². The van der Waals surface area contributed by atoms with Crippen LogP contribution < -0.4 is 0 Å². The molecule has 2 unspecified atom stereocenters. The zero-order chi connectivity index (χ0) is 23.8. The Morgan fingerprint density at radius 1 is 1.23 bits per heavy atom. The molecule has 0 saturated carbocycles. The van der Waals surface area contributed by atoms with E-state index in [1.807, 2.05) is 30.0 Å². The van der Waals surface area contributed by atoms with Crippen molar-refractivity contribution >= 4 is 57.8 Å². The molecule has 4 aromatic rings. The smallest absolute Gasteiger partial charge is 0.274 e. The average molecular weight is 502 g/mol. The minimum Gasteiger partial charge on any atom is -0.389 e. The van der Waals surface area contributed by atoms with Gasteiger partial charge in [-0.3, -0.25) is 4.79 Å². The number of H-pyrrole nitrogens is 1. The normalized spacial score (nSPS) is 16.8. The van der Waals surface area contributed by atoms with Crippen molar-refractivity contribution in [3.05, 3.63) is 70.4 Å². The minimum atomic E-state index is -0.606. The third kappa shape index (κ3) is 5.37. The molecular formula is C26H27FN4NaO2S. The topological polar surface area (TPSA) is 82.1 Å². The molecule has 177 valence electrons. The molecule has 3 heterocycles. The van der Waals surface area contributed by atoms with Gasteiger partial charge < -0.3 is 15.0 Å². The summed E-state index contributed by atoms with van der Waals surface area (Å²) in [6.45, 7) is 4.29. The molecule has 2 aromatic carbocycles. The molecule has 35 heavy (non-hydrogen) atoms. The maximum atomic E-state index is 13.7. The summed E-state index contributed by atoms with van der Waals surface area (Å²) in [7, 11) is 0. The number of aromatic amines is 1. The number of thiazole rings is 1. The third-order valence-electron chi connectivity index (χ3n) is 6.40. The van der Waals surface area contributed by atoms with Gasteiger partial charge in [-0.05, 0) is 56.9 Å². The molecule has 5 rings (SSSR count). The second kappa shape index (κ2) is 10.9. The van der Waals surface area contributed by atoms with Crippen LogP contribution in [0.3, 0.4) is 0 Å². The van der Waals surface area contributed by atoms with E-state index in [2.05, 4.69) is 9.97 Å². The van der Waals surface area contributed by atoms with Crippen molar-refractivity contribution in [3.8, 4) is 10.4 Å². The Morgan fingerprint density at radius 2 is 2.00 bits per heavy atom. The quantitative estimate of drug-likeness (QED) is 0.375. The number of fused-ring (bicyclic) bond motifs is 1. The molecule has 6 nitrogen and oxygen atoms in total. The number of nitrogens with zero attached hydrogens (tertiary/aromatic N) is 3. The largest absolute Gasteiger partial charge is 0.389 e. The first-order valence-corrected chi connectivity index (χ1v) is 12.4. The van der Waals surface area contributed by atoms with E-state index in [-0.39, 0.29) is 47.3 Å². The summed E-state index contributed by atoms with van der Waals surface area (Å²) in [5.41, 5.74) is 3.68. The van der Waals surface area contributed by atoms with Crippen molar-refractivity contribution in [1.29, 1.82) is 0 Å². The van der Waals surface area contributed by atoms with Crippen LogP contribution in [0.1, 0.15) is 59.2 Å². The van der Waals surface area contributed by atoms with Gasteiger partial charge in [0.05, 0.1) is 27.0 Å². The predicted molar refractivity (Wildman–Crippen MR) is 137 cm³/mol. The van der Waals surface area contributed by atoms with Crippen LogP contribution in [0.5, 0.6) is 0 Å². The average Bonchev–Trinajstić information content (AvgIpc) is 3.42. The summed E-state index contributed by atoms with van der Waals surface area (Å²) in [6.07, 6.45) is 2.89. The van der Waals surface area contributed by atoms with Gasteiger partial charge >= 0.3 is 0 Å². The Morgan fingerprint density at radius 3 is 2.74 bits per heavy atom. The molecule has 1 fully saturated rings. The molecule has 9 heteroatoms. The number of likely N-dealkylation sites (tertiary alicyclic amines) is 1. The van der Waals surface area contributed by atoms with E-state index in [1.165, 1.54) is 23.5 Å². The number of amides is 1. The Labute approximate surface area is 229 Å². The number of nitrogens with one attached hydrogen (secondary N) is 1. The van der Waals surface area contributed by atoms with E-state index >= 15 is 0 Å². The van der Waals surface area contributed by atoms with Crippen molar-refractivity contribution < 1.29 is 14.3 Å². The van der Waals surface area contributed by atoms with E-state index in [4.69, 9.17) is 4.98 Å². The van der Waals surface area contributed by atoms with Gasteiger partial charge in [0, 0.05) is 54.1 Å². The Kier molecular flexibility index (Phi) is 8.08. The van der Waals surface area contributed by atoms with Crippen LogP contribution in [0.2, 0.25) is 0 Å². The zero-order valence-electron chi connectivity index (χ0n) is 20.2. The first kappa shape index (κ1) is 26.0. The maximum Gasteiger partial charge on any atom is 0.274 e. The van der Waals surface area contributed by atoms with Crippen molar-refractivity contribution in [2.75, 3.05) is 6.54 Å². The van der Waals surface area contributed by atoms with Crippen LogP contribution in [-0.2, 0) is 6.42 Å². The van der Waals surface area contributed by atoms with E-state index < -0.39 is 6.10 Å². The number of imidazole rings is 1. The van der Waals surface area contributed by atoms with E-state index in [1.54, 1.807) is 19.1 Å². The molecule has 0 spiro atoms. The van der Waals surface area contributed by atoms with E-state index in [9.17, 15) is 14.3 Å². The fraction of sp³-hybridized carbons (Fsp3) is 0.346. The summed E-state index contributed by atoms with van der Waals surface area (Å²) in [5, 5.41) is 10.9. The number of halogens is 1. The predicted octanol–water partition coefficient (Wildman–Crippen LogP) is 5.04. The molecule has 1 aliphatic rings.